The summed E-state index contributed by atoms with van der Waals surface area (Å²) in [6.07, 6.45) is 1.72. The van der Waals surface area contributed by atoms with Crippen molar-refractivity contribution >= 4 is 23.2 Å². The highest BCUT2D eigenvalue weighted by molar-refractivity contribution is 6.35. The fraction of sp³-hybridized carbons (Fsp3) is 0.267. The summed E-state index contributed by atoms with van der Waals surface area (Å²) in [6, 6.07) is 5.11. The van der Waals surface area contributed by atoms with E-state index in [1.165, 1.54) is 26.6 Å². The summed E-state index contributed by atoms with van der Waals surface area (Å²) in [4.78, 5) is 0. The molecular weight excluding hydrogens is 329 g/mol. The second-order valence-electron chi connectivity index (χ2n) is 4.63. The van der Waals surface area contributed by atoms with E-state index in [0.29, 0.717) is 27.4 Å². The molecule has 2 rings (SSSR count). The highest BCUT2D eigenvalue weighted by Crippen LogP contribution is 2.33. The zero-order valence-corrected chi connectivity index (χ0v) is 13.6. The third-order valence-corrected chi connectivity index (χ3v) is 3.90. The minimum absolute atomic E-state index is 0.175. The highest BCUT2D eigenvalue weighted by Gasteiger charge is 2.18. The molecule has 0 fully saturated rings. The standard InChI is InChI=1S/C15H15Cl2NO4/c1-21-14-4-3-9(5-15(14)22-2)13(19)6-10-11(16)7-18(20)8-12(10)17/h3-5,7-8,13,19H,6H2,1-2H3/t13-/m1/s1. The summed E-state index contributed by atoms with van der Waals surface area (Å²) < 4.78 is 10.9. The molecule has 118 valence electrons. The fourth-order valence-corrected chi connectivity index (χ4v) is 2.70. The average Bonchev–Trinajstić information content (AvgIpc) is 2.49. The number of aromatic nitrogens is 1. The van der Waals surface area contributed by atoms with Crippen LogP contribution in [-0.4, -0.2) is 19.3 Å². The van der Waals surface area contributed by atoms with Crippen LogP contribution < -0.4 is 14.2 Å². The molecule has 0 bridgehead atoms. The first-order valence-electron chi connectivity index (χ1n) is 6.43. The molecule has 5 nitrogen and oxygen atoms in total. The molecule has 0 radical (unpaired) electrons. The van der Waals surface area contributed by atoms with Crippen LogP contribution in [0.25, 0.3) is 0 Å². The number of ether oxygens (including phenoxy) is 2. The Balaban J connectivity index is 2.28. The Morgan fingerprint density at radius 1 is 1.14 bits per heavy atom. The van der Waals surface area contributed by atoms with Gasteiger partial charge in [0.25, 0.3) is 0 Å². The van der Waals surface area contributed by atoms with Crippen molar-refractivity contribution in [2.75, 3.05) is 14.2 Å². The van der Waals surface area contributed by atoms with Gasteiger partial charge in [0.05, 0.1) is 20.3 Å². The summed E-state index contributed by atoms with van der Waals surface area (Å²) in [7, 11) is 3.06. The van der Waals surface area contributed by atoms with E-state index in [0.717, 1.165) is 0 Å². The smallest absolute Gasteiger partial charge is 0.199 e. The van der Waals surface area contributed by atoms with Gasteiger partial charge in [0.2, 0.25) is 0 Å². The largest absolute Gasteiger partial charge is 0.619 e. The number of pyridine rings is 1. The number of benzene rings is 1. The maximum Gasteiger partial charge on any atom is 0.199 e. The predicted octanol–water partition coefficient (Wildman–Crippen LogP) is 2.92. The molecule has 0 spiro atoms. The van der Waals surface area contributed by atoms with Crippen LogP contribution in [0.3, 0.4) is 0 Å². The lowest BCUT2D eigenvalue weighted by atomic mass is 10.0. The van der Waals surface area contributed by atoms with Gasteiger partial charge in [0, 0.05) is 12.0 Å². The number of hydrogen-bond donors (Lipinski definition) is 1. The van der Waals surface area contributed by atoms with Gasteiger partial charge in [0.1, 0.15) is 10.0 Å². The Bertz CT molecular complexity index is 656. The number of hydrogen-bond acceptors (Lipinski definition) is 4. The fourth-order valence-electron chi connectivity index (χ4n) is 2.10. The first kappa shape index (κ1) is 16.7. The lowest BCUT2D eigenvalue weighted by molar-refractivity contribution is -0.605. The molecule has 0 aliphatic rings. The Morgan fingerprint density at radius 2 is 1.73 bits per heavy atom. The van der Waals surface area contributed by atoms with Crippen LogP contribution in [0, 0.1) is 5.21 Å². The monoisotopic (exact) mass is 343 g/mol. The van der Waals surface area contributed by atoms with Crippen molar-refractivity contribution in [3.8, 4) is 11.5 Å². The van der Waals surface area contributed by atoms with E-state index in [4.69, 9.17) is 32.7 Å². The highest BCUT2D eigenvalue weighted by atomic mass is 35.5. The van der Waals surface area contributed by atoms with E-state index in [9.17, 15) is 10.3 Å². The summed E-state index contributed by atoms with van der Waals surface area (Å²) in [5.41, 5.74) is 1.14. The summed E-state index contributed by atoms with van der Waals surface area (Å²) in [6.45, 7) is 0. The normalized spacial score (nSPS) is 12.0. The predicted molar refractivity (Wildman–Crippen MR) is 83.6 cm³/mol. The molecule has 1 heterocycles. The van der Waals surface area contributed by atoms with Crippen LogP contribution in [0.1, 0.15) is 17.2 Å². The number of nitrogens with zero attached hydrogens (tertiary/aromatic N) is 1. The second-order valence-corrected chi connectivity index (χ2v) is 5.44. The number of halogens is 2. The lowest BCUT2D eigenvalue weighted by Gasteiger charge is -2.15. The maximum absolute atomic E-state index is 11.2. The van der Waals surface area contributed by atoms with Crippen LogP contribution in [0.5, 0.6) is 11.5 Å². The van der Waals surface area contributed by atoms with Crippen molar-refractivity contribution in [2.45, 2.75) is 12.5 Å². The molecule has 1 aromatic carbocycles. The second kappa shape index (κ2) is 7.05. The first-order valence-corrected chi connectivity index (χ1v) is 7.18. The Morgan fingerprint density at radius 3 is 2.27 bits per heavy atom. The van der Waals surface area contributed by atoms with Gasteiger partial charge >= 0.3 is 0 Å². The van der Waals surface area contributed by atoms with E-state index < -0.39 is 6.10 Å². The molecule has 0 aliphatic heterocycles. The van der Waals surface area contributed by atoms with Crippen molar-refractivity contribution in [3.63, 3.8) is 0 Å². The number of methoxy groups -OCH3 is 2. The molecule has 0 amide bonds. The van der Waals surface area contributed by atoms with Gasteiger partial charge < -0.3 is 19.8 Å². The molecule has 1 atom stereocenters. The molecular formula is C15H15Cl2NO4. The summed E-state index contributed by atoms with van der Waals surface area (Å²) in [5, 5.41) is 22.0. The minimum atomic E-state index is -0.850. The molecule has 0 saturated heterocycles. The Hall–Kier alpha value is -1.69. The van der Waals surface area contributed by atoms with Crippen molar-refractivity contribution < 1.29 is 19.3 Å². The van der Waals surface area contributed by atoms with E-state index in [1.54, 1.807) is 18.2 Å². The number of rotatable bonds is 5. The number of aliphatic hydroxyl groups is 1. The van der Waals surface area contributed by atoms with E-state index in [-0.39, 0.29) is 16.5 Å². The molecule has 0 unspecified atom stereocenters. The van der Waals surface area contributed by atoms with Crippen LogP contribution >= 0.6 is 23.2 Å². The number of aliphatic hydroxyl groups excluding tert-OH is 1. The van der Waals surface area contributed by atoms with Crippen molar-refractivity contribution in [3.05, 3.63) is 57.0 Å². The molecule has 2 aromatic rings. The van der Waals surface area contributed by atoms with Crippen molar-refractivity contribution in [2.24, 2.45) is 0 Å². The molecule has 1 aromatic heterocycles. The lowest BCUT2D eigenvalue weighted by Crippen LogP contribution is -2.25. The first-order chi connectivity index (χ1) is 10.5. The van der Waals surface area contributed by atoms with Crippen molar-refractivity contribution in [1.29, 1.82) is 0 Å². The quantitative estimate of drug-likeness (QED) is 0.669. The van der Waals surface area contributed by atoms with Gasteiger partial charge in [-0.1, -0.05) is 29.3 Å². The van der Waals surface area contributed by atoms with Gasteiger partial charge in [-0.15, -0.1) is 0 Å². The summed E-state index contributed by atoms with van der Waals surface area (Å²) in [5.74, 6) is 1.09. The zero-order valence-electron chi connectivity index (χ0n) is 12.0. The van der Waals surface area contributed by atoms with Gasteiger partial charge in [-0.3, -0.25) is 0 Å². The van der Waals surface area contributed by atoms with Gasteiger partial charge in [0.15, 0.2) is 23.9 Å². The van der Waals surface area contributed by atoms with Crippen LogP contribution in [0.4, 0.5) is 0 Å². The molecule has 1 N–H and O–H groups in total. The van der Waals surface area contributed by atoms with Gasteiger partial charge in [-0.2, -0.15) is 4.73 Å². The molecule has 0 saturated carbocycles. The van der Waals surface area contributed by atoms with Gasteiger partial charge in [-0.25, -0.2) is 0 Å². The average molecular weight is 344 g/mol. The minimum Gasteiger partial charge on any atom is -0.619 e. The topological polar surface area (TPSA) is 65.6 Å². The third-order valence-electron chi connectivity index (χ3n) is 3.25. The van der Waals surface area contributed by atoms with Crippen molar-refractivity contribution in [1.82, 2.24) is 0 Å². The maximum atomic E-state index is 11.2. The molecule has 7 heteroatoms. The van der Waals surface area contributed by atoms with Gasteiger partial charge in [-0.05, 0) is 17.7 Å². The molecule has 22 heavy (non-hydrogen) atoms. The van der Waals surface area contributed by atoms with Crippen LogP contribution in [-0.2, 0) is 6.42 Å². The SMILES string of the molecule is COc1ccc([C@H](O)Cc2c(Cl)c[n+]([O-])cc2Cl)cc1OC. The van der Waals surface area contributed by atoms with Crippen LogP contribution in [0.15, 0.2) is 30.6 Å². The molecule has 0 aliphatic carbocycles. The summed E-state index contributed by atoms with van der Waals surface area (Å²) >= 11 is 12.0. The Labute approximate surface area is 138 Å². The Kier molecular flexibility index (Phi) is 5.34. The third kappa shape index (κ3) is 3.55. The van der Waals surface area contributed by atoms with E-state index >= 15 is 0 Å². The zero-order chi connectivity index (χ0) is 16.3. The van der Waals surface area contributed by atoms with E-state index in [2.05, 4.69) is 0 Å². The van der Waals surface area contributed by atoms with E-state index in [1.807, 2.05) is 0 Å². The van der Waals surface area contributed by atoms with Crippen LogP contribution in [0.2, 0.25) is 10.0 Å².